The minimum Gasteiger partial charge on any atom is -0.402 e. The maximum atomic E-state index is 6.36. The molecule has 0 fully saturated rings. The quantitative estimate of drug-likeness (QED) is 0.892. The van der Waals surface area contributed by atoms with Crippen LogP contribution in [-0.4, -0.2) is 0 Å². The first-order valence-electron chi connectivity index (χ1n) is 7.32. The molecule has 2 nitrogen and oxygen atoms in total. The normalized spacial score (nSPS) is 16.0. The smallest absolute Gasteiger partial charge is 0.0568 e. The predicted molar refractivity (Wildman–Crippen MR) is 88.4 cm³/mol. The summed E-state index contributed by atoms with van der Waals surface area (Å²) in [6, 6.07) is 18.6. The van der Waals surface area contributed by atoms with E-state index in [1.165, 1.54) is 11.1 Å². The Kier molecular flexibility index (Phi) is 3.89. The van der Waals surface area contributed by atoms with Crippen LogP contribution in [-0.2, 0) is 0 Å². The summed E-state index contributed by atoms with van der Waals surface area (Å²) >= 11 is 0. The van der Waals surface area contributed by atoms with E-state index in [1.807, 2.05) is 18.2 Å². The Bertz CT molecular complexity index is 666. The summed E-state index contributed by atoms with van der Waals surface area (Å²) in [5, 5.41) is 0. The summed E-state index contributed by atoms with van der Waals surface area (Å²) in [5.41, 5.74) is 17.9. The third kappa shape index (κ3) is 2.91. The molecule has 3 rings (SSSR count). The Morgan fingerprint density at radius 2 is 1.52 bits per heavy atom. The largest absolute Gasteiger partial charge is 0.402 e. The van der Waals surface area contributed by atoms with Gasteiger partial charge in [-0.1, -0.05) is 66.7 Å². The molecule has 2 aromatic rings. The SMILES string of the molecule is NC1=C(C(N)c2ccc(-c3ccccc3)cc2)C=CCC1. The lowest BCUT2D eigenvalue weighted by atomic mass is 9.92. The molecule has 0 heterocycles. The van der Waals surface area contributed by atoms with Gasteiger partial charge in [0.05, 0.1) is 6.04 Å². The second kappa shape index (κ2) is 5.98. The van der Waals surface area contributed by atoms with Crippen molar-refractivity contribution in [3.05, 3.63) is 83.6 Å². The van der Waals surface area contributed by atoms with Gasteiger partial charge in [0.2, 0.25) is 0 Å². The monoisotopic (exact) mass is 276 g/mol. The molecule has 1 aliphatic rings. The van der Waals surface area contributed by atoms with Gasteiger partial charge >= 0.3 is 0 Å². The summed E-state index contributed by atoms with van der Waals surface area (Å²) in [5.74, 6) is 0. The molecule has 0 aromatic heterocycles. The number of rotatable bonds is 3. The van der Waals surface area contributed by atoms with E-state index < -0.39 is 0 Å². The maximum Gasteiger partial charge on any atom is 0.0568 e. The van der Waals surface area contributed by atoms with E-state index in [0.717, 1.165) is 29.7 Å². The Labute approximate surface area is 125 Å². The molecular formula is C19H20N2. The van der Waals surface area contributed by atoms with Crippen LogP contribution < -0.4 is 11.5 Å². The number of hydrogen-bond acceptors (Lipinski definition) is 2. The van der Waals surface area contributed by atoms with Gasteiger partial charge in [-0.15, -0.1) is 0 Å². The van der Waals surface area contributed by atoms with Crippen LogP contribution in [0.25, 0.3) is 11.1 Å². The molecule has 0 saturated carbocycles. The fourth-order valence-electron chi connectivity index (χ4n) is 2.70. The molecule has 2 heteroatoms. The number of nitrogens with two attached hydrogens (primary N) is 2. The maximum absolute atomic E-state index is 6.36. The second-order valence-corrected chi connectivity index (χ2v) is 5.39. The van der Waals surface area contributed by atoms with Crippen LogP contribution in [0.3, 0.4) is 0 Å². The van der Waals surface area contributed by atoms with E-state index in [1.54, 1.807) is 0 Å². The van der Waals surface area contributed by atoms with Crippen LogP contribution in [0.2, 0.25) is 0 Å². The summed E-state index contributed by atoms with van der Waals surface area (Å²) in [6.45, 7) is 0. The third-order valence-electron chi connectivity index (χ3n) is 3.96. The van der Waals surface area contributed by atoms with Crippen molar-refractivity contribution in [2.24, 2.45) is 11.5 Å². The highest BCUT2D eigenvalue weighted by atomic mass is 14.7. The zero-order valence-electron chi connectivity index (χ0n) is 12.0. The van der Waals surface area contributed by atoms with Gasteiger partial charge in [0.25, 0.3) is 0 Å². The van der Waals surface area contributed by atoms with Crippen molar-refractivity contribution in [1.82, 2.24) is 0 Å². The van der Waals surface area contributed by atoms with E-state index in [9.17, 15) is 0 Å². The average Bonchev–Trinajstić information content (AvgIpc) is 2.56. The molecule has 1 aliphatic carbocycles. The molecule has 0 aliphatic heterocycles. The highest BCUT2D eigenvalue weighted by Crippen LogP contribution is 2.28. The average molecular weight is 276 g/mol. The zero-order chi connectivity index (χ0) is 14.7. The standard InChI is InChI=1S/C19H20N2/c20-18-9-5-4-8-17(18)19(21)16-12-10-15(11-13-16)14-6-2-1-3-7-14/h1-4,6-8,10-13,19H,5,9,20-21H2. The molecule has 0 amide bonds. The summed E-state index contributed by atoms with van der Waals surface area (Å²) < 4.78 is 0. The summed E-state index contributed by atoms with van der Waals surface area (Å²) in [6.07, 6.45) is 6.12. The molecule has 0 bridgehead atoms. The van der Waals surface area contributed by atoms with Gasteiger partial charge in [-0.05, 0) is 35.1 Å². The van der Waals surface area contributed by atoms with Crippen molar-refractivity contribution in [1.29, 1.82) is 0 Å². The number of hydrogen-bond donors (Lipinski definition) is 2. The van der Waals surface area contributed by atoms with Crippen LogP contribution >= 0.6 is 0 Å². The minimum atomic E-state index is -0.147. The minimum absolute atomic E-state index is 0.147. The third-order valence-corrected chi connectivity index (χ3v) is 3.96. The van der Waals surface area contributed by atoms with Gasteiger partial charge in [0.1, 0.15) is 0 Å². The molecule has 0 saturated heterocycles. The van der Waals surface area contributed by atoms with Crippen molar-refractivity contribution in [2.45, 2.75) is 18.9 Å². The van der Waals surface area contributed by atoms with Crippen LogP contribution in [0.5, 0.6) is 0 Å². The highest BCUT2D eigenvalue weighted by molar-refractivity contribution is 5.63. The fraction of sp³-hybridized carbons (Fsp3) is 0.158. The van der Waals surface area contributed by atoms with Gasteiger partial charge in [-0.25, -0.2) is 0 Å². The van der Waals surface area contributed by atoms with E-state index >= 15 is 0 Å². The first kappa shape index (κ1) is 13.7. The van der Waals surface area contributed by atoms with E-state index in [4.69, 9.17) is 11.5 Å². The first-order chi connectivity index (χ1) is 10.3. The van der Waals surface area contributed by atoms with Crippen LogP contribution in [0.4, 0.5) is 0 Å². The van der Waals surface area contributed by atoms with Crippen molar-refractivity contribution >= 4 is 0 Å². The van der Waals surface area contributed by atoms with Crippen molar-refractivity contribution in [2.75, 3.05) is 0 Å². The fourth-order valence-corrected chi connectivity index (χ4v) is 2.70. The molecule has 1 unspecified atom stereocenters. The number of benzene rings is 2. The van der Waals surface area contributed by atoms with Gasteiger partial charge in [-0.2, -0.15) is 0 Å². The van der Waals surface area contributed by atoms with Gasteiger partial charge in [0.15, 0.2) is 0 Å². The van der Waals surface area contributed by atoms with Crippen LogP contribution in [0.1, 0.15) is 24.4 Å². The molecular weight excluding hydrogens is 256 g/mol. The summed E-state index contributed by atoms with van der Waals surface area (Å²) in [7, 11) is 0. The van der Waals surface area contributed by atoms with Gasteiger partial charge in [0, 0.05) is 5.70 Å². The summed E-state index contributed by atoms with van der Waals surface area (Å²) in [4.78, 5) is 0. The lowest BCUT2D eigenvalue weighted by molar-refractivity contribution is 0.807. The topological polar surface area (TPSA) is 52.0 Å². The van der Waals surface area contributed by atoms with E-state index in [0.29, 0.717) is 0 Å². The second-order valence-electron chi connectivity index (χ2n) is 5.39. The molecule has 2 aromatic carbocycles. The molecule has 21 heavy (non-hydrogen) atoms. The van der Waals surface area contributed by atoms with Crippen LogP contribution in [0, 0.1) is 0 Å². The van der Waals surface area contributed by atoms with Gasteiger partial charge in [-0.3, -0.25) is 0 Å². The van der Waals surface area contributed by atoms with E-state index in [2.05, 4.69) is 48.6 Å². The van der Waals surface area contributed by atoms with E-state index in [-0.39, 0.29) is 6.04 Å². The Balaban J connectivity index is 1.86. The van der Waals surface area contributed by atoms with Crippen LogP contribution in [0.15, 0.2) is 78.0 Å². The Morgan fingerprint density at radius 1 is 0.857 bits per heavy atom. The number of allylic oxidation sites excluding steroid dienone is 2. The Hall–Kier alpha value is -2.32. The molecule has 0 spiro atoms. The first-order valence-corrected chi connectivity index (χ1v) is 7.32. The van der Waals surface area contributed by atoms with Gasteiger partial charge < -0.3 is 11.5 Å². The molecule has 4 N–H and O–H groups in total. The predicted octanol–water partition coefficient (Wildman–Crippen LogP) is 3.92. The highest BCUT2D eigenvalue weighted by Gasteiger charge is 2.15. The lowest BCUT2D eigenvalue weighted by Gasteiger charge is -2.19. The lowest BCUT2D eigenvalue weighted by Crippen LogP contribution is -2.18. The Morgan fingerprint density at radius 3 is 2.19 bits per heavy atom. The molecule has 106 valence electrons. The molecule has 1 atom stereocenters. The van der Waals surface area contributed by atoms with Crippen molar-refractivity contribution < 1.29 is 0 Å². The van der Waals surface area contributed by atoms with Crippen molar-refractivity contribution in [3.63, 3.8) is 0 Å². The zero-order valence-corrected chi connectivity index (χ0v) is 12.0. The van der Waals surface area contributed by atoms with Crippen molar-refractivity contribution in [3.8, 4) is 11.1 Å². The molecule has 0 radical (unpaired) electrons.